The number of nitrogens with one attached hydrogen (secondary N) is 2. The predicted molar refractivity (Wildman–Crippen MR) is 150 cm³/mol. The summed E-state index contributed by atoms with van der Waals surface area (Å²) in [7, 11) is 1.60. The fraction of sp³-hybridized carbons (Fsp3) is 0.400. The van der Waals surface area contributed by atoms with E-state index in [9.17, 15) is 14.4 Å². The average molecular weight is 548 g/mol. The molecule has 1 aliphatic heterocycles. The summed E-state index contributed by atoms with van der Waals surface area (Å²) in [6, 6.07) is 14.9. The molecule has 0 bridgehead atoms. The number of carbonyl (C=O) groups excluding carboxylic acids is 3. The third-order valence-corrected chi connectivity index (χ3v) is 6.87. The standard InChI is InChI=1S/C30H37N5O5/c1-6-15-35-28(37)26-25(27(36)31-16-21-9-13-24(14-10-21)40-20(2)3)33-19-34(26)18-30(35,4)29(38)32-17-22-7-11-23(39-5)12-8-22/h7-14,19-20H,6,15-18H2,1-5H3,(H,31,36)(H,32,38). The number of ether oxygens (including phenoxy) is 2. The van der Waals surface area contributed by atoms with Gasteiger partial charge in [0.1, 0.15) is 22.7 Å². The van der Waals surface area contributed by atoms with E-state index < -0.39 is 17.4 Å². The van der Waals surface area contributed by atoms with Crippen molar-refractivity contribution >= 4 is 17.7 Å². The van der Waals surface area contributed by atoms with Crippen molar-refractivity contribution < 1.29 is 23.9 Å². The van der Waals surface area contributed by atoms with E-state index in [0.29, 0.717) is 19.5 Å². The quantitative estimate of drug-likeness (QED) is 0.380. The molecule has 2 aromatic carbocycles. The topological polar surface area (TPSA) is 115 Å². The zero-order valence-electron chi connectivity index (χ0n) is 23.7. The number of aromatic nitrogens is 2. The van der Waals surface area contributed by atoms with Gasteiger partial charge in [-0.3, -0.25) is 14.4 Å². The van der Waals surface area contributed by atoms with Crippen LogP contribution in [0.1, 0.15) is 66.2 Å². The minimum Gasteiger partial charge on any atom is -0.497 e. The van der Waals surface area contributed by atoms with Crippen LogP contribution in [-0.2, 0) is 24.4 Å². The van der Waals surface area contributed by atoms with E-state index in [4.69, 9.17) is 9.47 Å². The van der Waals surface area contributed by atoms with Crippen molar-refractivity contribution in [2.45, 2.75) is 65.4 Å². The molecule has 0 radical (unpaired) electrons. The van der Waals surface area contributed by atoms with Gasteiger partial charge in [-0.15, -0.1) is 0 Å². The van der Waals surface area contributed by atoms with Crippen molar-refractivity contribution in [3.63, 3.8) is 0 Å². The van der Waals surface area contributed by atoms with E-state index in [1.807, 2.05) is 69.3 Å². The summed E-state index contributed by atoms with van der Waals surface area (Å²) in [5.41, 5.74) is 0.878. The summed E-state index contributed by atoms with van der Waals surface area (Å²) in [5, 5.41) is 5.83. The number of fused-ring (bicyclic) bond motifs is 1. The van der Waals surface area contributed by atoms with Crippen LogP contribution in [0.4, 0.5) is 0 Å². The number of imidazole rings is 1. The molecule has 0 fully saturated rings. The molecule has 2 N–H and O–H groups in total. The second kappa shape index (κ2) is 12.2. The first kappa shape index (κ1) is 28.7. The van der Waals surface area contributed by atoms with E-state index in [-0.39, 0.29) is 36.5 Å². The van der Waals surface area contributed by atoms with Crippen LogP contribution in [0.2, 0.25) is 0 Å². The molecule has 0 saturated carbocycles. The first-order valence-electron chi connectivity index (χ1n) is 13.5. The molecule has 2 heterocycles. The Morgan fingerprint density at radius 1 is 1.00 bits per heavy atom. The Morgan fingerprint density at radius 3 is 2.17 bits per heavy atom. The maximum atomic E-state index is 13.7. The molecule has 0 spiro atoms. The second-order valence-electron chi connectivity index (χ2n) is 10.3. The first-order chi connectivity index (χ1) is 19.2. The van der Waals surface area contributed by atoms with Gasteiger partial charge in [-0.25, -0.2) is 4.98 Å². The Balaban J connectivity index is 1.47. The van der Waals surface area contributed by atoms with Gasteiger partial charge in [-0.05, 0) is 62.6 Å². The van der Waals surface area contributed by atoms with E-state index in [1.165, 1.54) is 6.33 Å². The van der Waals surface area contributed by atoms with Crippen molar-refractivity contribution in [1.82, 2.24) is 25.1 Å². The van der Waals surface area contributed by atoms with Crippen LogP contribution >= 0.6 is 0 Å². The molecule has 1 unspecified atom stereocenters. The lowest BCUT2D eigenvalue weighted by Crippen LogP contribution is -2.64. The number of hydrogen-bond acceptors (Lipinski definition) is 6. The number of carbonyl (C=O) groups is 3. The van der Waals surface area contributed by atoms with Gasteiger partial charge in [0, 0.05) is 19.6 Å². The molecule has 212 valence electrons. The Labute approximate surface area is 234 Å². The molecule has 1 atom stereocenters. The summed E-state index contributed by atoms with van der Waals surface area (Å²) in [6.07, 6.45) is 2.18. The van der Waals surface area contributed by atoms with Gasteiger partial charge in [0.05, 0.1) is 26.1 Å². The molecule has 0 saturated heterocycles. The minimum atomic E-state index is -1.15. The van der Waals surface area contributed by atoms with Crippen LogP contribution in [0, 0.1) is 0 Å². The Morgan fingerprint density at radius 2 is 1.60 bits per heavy atom. The summed E-state index contributed by atoms with van der Waals surface area (Å²) in [4.78, 5) is 46.2. The molecule has 10 nitrogen and oxygen atoms in total. The smallest absolute Gasteiger partial charge is 0.273 e. The van der Waals surface area contributed by atoms with Crippen LogP contribution in [-0.4, -0.2) is 57.5 Å². The summed E-state index contributed by atoms with van der Waals surface area (Å²) in [5.74, 6) is 0.364. The van der Waals surface area contributed by atoms with Gasteiger partial charge < -0.3 is 29.6 Å². The Bertz CT molecular complexity index is 1350. The third-order valence-electron chi connectivity index (χ3n) is 6.87. The number of hydrogen-bond donors (Lipinski definition) is 2. The van der Waals surface area contributed by atoms with E-state index >= 15 is 0 Å². The molecule has 3 amide bonds. The first-order valence-corrected chi connectivity index (χ1v) is 13.5. The maximum absolute atomic E-state index is 13.7. The molecule has 1 aromatic heterocycles. The monoisotopic (exact) mass is 547 g/mol. The highest BCUT2D eigenvalue weighted by molar-refractivity contribution is 6.07. The highest BCUT2D eigenvalue weighted by atomic mass is 16.5. The lowest BCUT2D eigenvalue weighted by molar-refractivity contribution is -0.133. The zero-order chi connectivity index (χ0) is 28.9. The molecule has 0 aliphatic carbocycles. The summed E-state index contributed by atoms with van der Waals surface area (Å²) in [6.45, 7) is 8.73. The van der Waals surface area contributed by atoms with Gasteiger partial charge in [-0.2, -0.15) is 0 Å². The molecule has 3 aromatic rings. The van der Waals surface area contributed by atoms with Crippen LogP contribution in [0.25, 0.3) is 0 Å². The SMILES string of the molecule is CCCN1C(=O)c2c(C(=O)NCc3ccc(OC(C)C)cc3)ncn2CC1(C)C(=O)NCc1ccc(OC)cc1. The van der Waals surface area contributed by atoms with E-state index in [1.54, 1.807) is 23.5 Å². The largest absolute Gasteiger partial charge is 0.497 e. The lowest BCUT2D eigenvalue weighted by atomic mass is 9.93. The fourth-order valence-electron chi connectivity index (χ4n) is 4.77. The maximum Gasteiger partial charge on any atom is 0.273 e. The summed E-state index contributed by atoms with van der Waals surface area (Å²) < 4.78 is 12.5. The van der Waals surface area contributed by atoms with Crippen molar-refractivity contribution in [3.8, 4) is 11.5 Å². The van der Waals surface area contributed by atoms with Crippen molar-refractivity contribution in [2.24, 2.45) is 0 Å². The number of methoxy groups -OCH3 is 1. The van der Waals surface area contributed by atoms with Gasteiger partial charge in [0.25, 0.3) is 11.8 Å². The molecular weight excluding hydrogens is 510 g/mol. The van der Waals surface area contributed by atoms with Crippen LogP contribution in [0.5, 0.6) is 11.5 Å². The molecule has 4 rings (SSSR count). The third kappa shape index (κ3) is 6.11. The predicted octanol–water partition coefficient (Wildman–Crippen LogP) is 3.55. The number of amides is 3. The van der Waals surface area contributed by atoms with Crippen LogP contribution in [0.3, 0.4) is 0 Å². The van der Waals surface area contributed by atoms with Gasteiger partial charge >= 0.3 is 0 Å². The number of nitrogens with zero attached hydrogens (tertiary/aromatic N) is 3. The van der Waals surface area contributed by atoms with E-state index in [0.717, 1.165) is 22.6 Å². The second-order valence-corrected chi connectivity index (χ2v) is 10.3. The van der Waals surface area contributed by atoms with Gasteiger partial charge in [0.15, 0.2) is 5.69 Å². The highest BCUT2D eigenvalue weighted by Crippen LogP contribution is 2.29. The minimum absolute atomic E-state index is 0.0477. The van der Waals surface area contributed by atoms with Crippen LogP contribution in [0.15, 0.2) is 54.9 Å². The van der Waals surface area contributed by atoms with Gasteiger partial charge in [-0.1, -0.05) is 31.2 Å². The molecule has 40 heavy (non-hydrogen) atoms. The lowest BCUT2D eigenvalue weighted by Gasteiger charge is -2.43. The zero-order valence-corrected chi connectivity index (χ0v) is 23.7. The summed E-state index contributed by atoms with van der Waals surface area (Å²) >= 11 is 0. The highest BCUT2D eigenvalue weighted by Gasteiger charge is 2.48. The Kier molecular flexibility index (Phi) is 8.77. The average Bonchev–Trinajstić information content (AvgIpc) is 3.37. The van der Waals surface area contributed by atoms with E-state index in [2.05, 4.69) is 15.6 Å². The molecule has 1 aliphatic rings. The number of rotatable bonds is 11. The molecular formula is C30H37N5O5. The van der Waals surface area contributed by atoms with Crippen molar-refractivity contribution in [3.05, 3.63) is 77.4 Å². The van der Waals surface area contributed by atoms with Crippen molar-refractivity contribution in [1.29, 1.82) is 0 Å². The Hall–Kier alpha value is -4.34. The molecule has 10 heteroatoms. The van der Waals surface area contributed by atoms with Crippen LogP contribution < -0.4 is 20.1 Å². The van der Waals surface area contributed by atoms with Gasteiger partial charge in [0.2, 0.25) is 5.91 Å². The van der Waals surface area contributed by atoms with Crippen molar-refractivity contribution in [2.75, 3.05) is 13.7 Å². The number of benzene rings is 2. The fourth-order valence-corrected chi connectivity index (χ4v) is 4.77. The normalized spacial score (nSPS) is 16.4.